The molecular weight excluding hydrogens is 324 g/mol. The Hall–Kier alpha value is -1.69. The number of halogens is 1. The zero-order valence-corrected chi connectivity index (χ0v) is 15.1. The lowest BCUT2D eigenvalue weighted by atomic mass is 10.1. The van der Waals surface area contributed by atoms with Crippen molar-refractivity contribution < 1.29 is 4.79 Å². The molecule has 1 aliphatic rings. The third-order valence-electron chi connectivity index (χ3n) is 4.22. The van der Waals surface area contributed by atoms with E-state index < -0.39 is 0 Å². The monoisotopic (exact) mass is 348 g/mol. The van der Waals surface area contributed by atoms with Gasteiger partial charge >= 0.3 is 0 Å². The van der Waals surface area contributed by atoms with Crippen molar-refractivity contribution in [1.82, 2.24) is 20.1 Å². The van der Waals surface area contributed by atoms with Gasteiger partial charge in [-0.25, -0.2) is 0 Å². The second-order valence-electron chi connectivity index (χ2n) is 6.28. The van der Waals surface area contributed by atoms with Gasteiger partial charge in [0, 0.05) is 43.8 Å². The van der Waals surface area contributed by atoms with Crippen molar-refractivity contribution in [1.29, 1.82) is 0 Å². The molecule has 1 aromatic carbocycles. The molecule has 0 saturated carbocycles. The number of benzene rings is 1. The third kappa shape index (κ3) is 4.66. The number of aryl methyl sites for hydroxylation is 1. The number of hydrogen-bond donors (Lipinski definition) is 1. The molecule has 2 aromatic rings. The fourth-order valence-corrected chi connectivity index (χ4v) is 2.99. The molecule has 5 nitrogen and oxygen atoms in total. The van der Waals surface area contributed by atoms with Crippen molar-refractivity contribution in [3.63, 3.8) is 0 Å². The van der Waals surface area contributed by atoms with Crippen LogP contribution in [0.2, 0.25) is 0 Å². The van der Waals surface area contributed by atoms with Gasteiger partial charge in [0.2, 0.25) is 5.91 Å². The smallest absolute Gasteiger partial charge is 0.236 e. The Morgan fingerprint density at radius 1 is 1.25 bits per heavy atom. The molecular formula is C18H25ClN4O. The van der Waals surface area contributed by atoms with Gasteiger partial charge in [-0.3, -0.25) is 14.7 Å². The van der Waals surface area contributed by atoms with Gasteiger partial charge in [-0.05, 0) is 37.7 Å². The molecule has 2 heterocycles. The van der Waals surface area contributed by atoms with Crippen LogP contribution in [-0.4, -0.2) is 60.5 Å². The molecule has 1 aliphatic heterocycles. The van der Waals surface area contributed by atoms with E-state index in [1.165, 1.54) is 5.56 Å². The molecule has 0 atom stereocenters. The molecule has 1 fully saturated rings. The van der Waals surface area contributed by atoms with Gasteiger partial charge in [0.05, 0.1) is 12.1 Å². The SMILES string of the molecule is Cc1ccc2cc(CN(C)CC(=O)N3CCNCC3)ccc2n1.Cl. The maximum Gasteiger partial charge on any atom is 0.236 e. The van der Waals surface area contributed by atoms with Crippen LogP contribution in [0.3, 0.4) is 0 Å². The minimum Gasteiger partial charge on any atom is -0.339 e. The first-order chi connectivity index (χ1) is 11.1. The largest absolute Gasteiger partial charge is 0.339 e. The summed E-state index contributed by atoms with van der Waals surface area (Å²) in [6, 6.07) is 10.5. The Bertz CT molecular complexity index is 700. The Balaban J connectivity index is 0.00000208. The summed E-state index contributed by atoms with van der Waals surface area (Å²) in [7, 11) is 2.00. The first kappa shape index (κ1) is 18.6. The predicted molar refractivity (Wildman–Crippen MR) is 99.5 cm³/mol. The third-order valence-corrected chi connectivity index (χ3v) is 4.22. The van der Waals surface area contributed by atoms with E-state index in [1.54, 1.807) is 0 Å². The summed E-state index contributed by atoms with van der Waals surface area (Å²) in [5.41, 5.74) is 3.26. The molecule has 24 heavy (non-hydrogen) atoms. The van der Waals surface area contributed by atoms with Crippen molar-refractivity contribution in [3.05, 3.63) is 41.6 Å². The van der Waals surface area contributed by atoms with E-state index in [0.29, 0.717) is 6.54 Å². The van der Waals surface area contributed by atoms with Crippen molar-refractivity contribution >= 4 is 29.2 Å². The summed E-state index contributed by atoms with van der Waals surface area (Å²) in [6.45, 7) is 6.65. The van der Waals surface area contributed by atoms with E-state index in [1.807, 2.05) is 24.9 Å². The maximum atomic E-state index is 12.3. The second-order valence-corrected chi connectivity index (χ2v) is 6.28. The molecule has 3 rings (SSSR count). The van der Waals surface area contributed by atoms with Crippen LogP contribution in [0.25, 0.3) is 10.9 Å². The van der Waals surface area contributed by atoms with Crippen LogP contribution in [0, 0.1) is 6.92 Å². The molecule has 0 radical (unpaired) electrons. The van der Waals surface area contributed by atoms with Gasteiger partial charge < -0.3 is 10.2 Å². The molecule has 1 saturated heterocycles. The summed E-state index contributed by atoms with van der Waals surface area (Å²) in [5, 5.41) is 4.42. The van der Waals surface area contributed by atoms with Crippen LogP contribution >= 0.6 is 12.4 Å². The van der Waals surface area contributed by atoms with E-state index in [-0.39, 0.29) is 18.3 Å². The van der Waals surface area contributed by atoms with E-state index in [2.05, 4.69) is 39.5 Å². The number of fused-ring (bicyclic) bond motifs is 1. The quantitative estimate of drug-likeness (QED) is 0.915. The number of piperazine rings is 1. The van der Waals surface area contributed by atoms with E-state index in [9.17, 15) is 4.79 Å². The average molecular weight is 349 g/mol. The highest BCUT2D eigenvalue weighted by Crippen LogP contribution is 2.16. The van der Waals surface area contributed by atoms with Gasteiger partial charge in [0.1, 0.15) is 0 Å². The summed E-state index contributed by atoms with van der Waals surface area (Å²) in [4.78, 5) is 20.8. The molecule has 0 unspecified atom stereocenters. The molecule has 1 aromatic heterocycles. The van der Waals surface area contributed by atoms with Gasteiger partial charge in [0.25, 0.3) is 0 Å². The summed E-state index contributed by atoms with van der Waals surface area (Å²) in [6.07, 6.45) is 0. The lowest BCUT2D eigenvalue weighted by molar-refractivity contribution is -0.132. The second kappa shape index (κ2) is 8.42. The van der Waals surface area contributed by atoms with E-state index >= 15 is 0 Å². The highest BCUT2D eigenvalue weighted by Gasteiger charge is 2.17. The number of carbonyl (C=O) groups is 1. The van der Waals surface area contributed by atoms with E-state index in [4.69, 9.17) is 0 Å². The Kier molecular flexibility index (Phi) is 6.54. The molecule has 1 N–H and O–H groups in total. The van der Waals surface area contributed by atoms with Gasteiger partial charge in [-0.1, -0.05) is 12.1 Å². The van der Waals surface area contributed by atoms with Gasteiger partial charge in [-0.15, -0.1) is 12.4 Å². The number of rotatable bonds is 4. The van der Waals surface area contributed by atoms with Crippen LogP contribution in [-0.2, 0) is 11.3 Å². The number of carbonyl (C=O) groups excluding carboxylic acids is 1. The zero-order valence-electron chi connectivity index (χ0n) is 14.3. The van der Waals surface area contributed by atoms with Crippen molar-refractivity contribution in [2.24, 2.45) is 0 Å². The Morgan fingerprint density at radius 2 is 2.00 bits per heavy atom. The maximum absolute atomic E-state index is 12.3. The minimum atomic E-state index is 0. The first-order valence-corrected chi connectivity index (χ1v) is 8.15. The molecule has 6 heteroatoms. The molecule has 0 aliphatic carbocycles. The predicted octanol–water partition coefficient (Wildman–Crippen LogP) is 1.83. The standard InChI is InChI=1S/C18H24N4O.ClH/c1-14-3-5-16-11-15(4-6-17(16)20-14)12-21(2)13-18(23)22-9-7-19-8-10-22;/h3-6,11,19H,7-10,12-13H2,1-2H3;1H. The summed E-state index contributed by atoms with van der Waals surface area (Å²) < 4.78 is 0. The van der Waals surface area contributed by atoms with Gasteiger partial charge in [-0.2, -0.15) is 0 Å². The fraction of sp³-hybridized carbons (Fsp3) is 0.444. The zero-order chi connectivity index (χ0) is 16.2. The van der Waals surface area contributed by atoms with Gasteiger partial charge in [0.15, 0.2) is 0 Å². The highest BCUT2D eigenvalue weighted by atomic mass is 35.5. The van der Waals surface area contributed by atoms with Crippen molar-refractivity contribution in [2.45, 2.75) is 13.5 Å². The number of nitrogens with zero attached hydrogens (tertiary/aromatic N) is 3. The molecule has 130 valence electrons. The molecule has 0 spiro atoms. The number of pyridine rings is 1. The number of amides is 1. The number of aromatic nitrogens is 1. The number of hydrogen-bond acceptors (Lipinski definition) is 4. The van der Waals surface area contributed by atoms with Crippen molar-refractivity contribution in [3.8, 4) is 0 Å². The topological polar surface area (TPSA) is 48.5 Å². The lowest BCUT2D eigenvalue weighted by Gasteiger charge is -2.29. The van der Waals surface area contributed by atoms with Crippen LogP contribution in [0.5, 0.6) is 0 Å². The molecule has 0 bridgehead atoms. The average Bonchev–Trinajstić information content (AvgIpc) is 2.55. The molecule has 1 amide bonds. The lowest BCUT2D eigenvalue weighted by Crippen LogP contribution is -2.49. The van der Waals surface area contributed by atoms with Crippen molar-refractivity contribution in [2.75, 3.05) is 39.8 Å². The van der Waals surface area contributed by atoms with Crippen LogP contribution in [0.15, 0.2) is 30.3 Å². The fourth-order valence-electron chi connectivity index (χ4n) is 2.99. The van der Waals surface area contributed by atoms with Crippen LogP contribution in [0.1, 0.15) is 11.3 Å². The minimum absolute atomic E-state index is 0. The summed E-state index contributed by atoms with van der Waals surface area (Å²) >= 11 is 0. The van der Waals surface area contributed by atoms with E-state index in [0.717, 1.165) is 49.3 Å². The van der Waals surface area contributed by atoms with Crippen LogP contribution < -0.4 is 5.32 Å². The number of likely N-dealkylation sites (N-methyl/N-ethyl adjacent to an activating group) is 1. The summed E-state index contributed by atoms with van der Waals surface area (Å²) in [5.74, 6) is 0.215. The normalized spacial score (nSPS) is 14.7. The Morgan fingerprint density at radius 3 is 2.75 bits per heavy atom. The Labute approximate surface area is 149 Å². The van der Waals surface area contributed by atoms with Crippen LogP contribution in [0.4, 0.5) is 0 Å². The first-order valence-electron chi connectivity index (χ1n) is 8.15. The highest BCUT2D eigenvalue weighted by molar-refractivity contribution is 5.85. The number of nitrogens with one attached hydrogen (secondary N) is 1.